The van der Waals surface area contributed by atoms with Crippen molar-refractivity contribution in [1.82, 2.24) is 20.4 Å². The lowest BCUT2D eigenvalue weighted by Crippen LogP contribution is -2.14. The van der Waals surface area contributed by atoms with Crippen LogP contribution in [0, 0.1) is 0 Å². The minimum absolute atomic E-state index is 0.597. The number of nitrogens with one attached hydrogen (secondary N) is 2. The zero-order chi connectivity index (χ0) is 9.10. The van der Waals surface area contributed by atoms with Gasteiger partial charge in [0.25, 0.3) is 0 Å². The molecule has 2 aromatic rings. The largest absolute Gasteiger partial charge is 0.278 e. The highest BCUT2D eigenvalue weighted by Crippen LogP contribution is 2.17. The second-order valence-electron chi connectivity index (χ2n) is 2.36. The van der Waals surface area contributed by atoms with Gasteiger partial charge in [0.05, 0.1) is 12.4 Å². The van der Waals surface area contributed by atoms with E-state index in [1.165, 1.54) is 4.90 Å². The van der Waals surface area contributed by atoms with Crippen LogP contribution >= 0.6 is 0 Å². The number of carbonyl (C=O) groups is 1. The van der Waals surface area contributed by atoms with Crippen molar-refractivity contribution in [3.05, 3.63) is 24.5 Å². The Hall–Kier alpha value is -2.11. The SMILES string of the molecule is O=CN(c1ccn[nH]1)c1ccn[nH]1. The van der Waals surface area contributed by atoms with E-state index in [-0.39, 0.29) is 0 Å². The number of hydrogen-bond donors (Lipinski definition) is 2. The molecule has 0 fully saturated rings. The molecule has 0 aliphatic carbocycles. The molecule has 2 aromatic heterocycles. The van der Waals surface area contributed by atoms with Gasteiger partial charge in [0.1, 0.15) is 11.6 Å². The molecule has 6 nitrogen and oxygen atoms in total. The molecule has 1 amide bonds. The molecule has 0 radical (unpaired) electrons. The van der Waals surface area contributed by atoms with Crippen LogP contribution in [0.4, 0.5) is 11.6 Å². The highest BCUT2D eigenvalue weighted by molar-refractivity contribution is 5.82. The van der Waals surface area contributed by atoms with E-state index in [2.05, 4.69) is 20.4 Å². The average Bonchev–Trinajstić information content (AvgIpc) is 2.76. The third kappa shape index (κ3) is 1.28. The Labute approximate surface area is 73.6 Å². The van der Waals surface area contributed by atoms with Gasteiger partial charge in [-0.2, -0.15) is 10.2 Å². The monoisotopic (exact) mass is 177 g/mol. The molecule has 0 aliphatic heterocycles. The Morgan fingerprint density at radius 1 is 1.15 bits per heavy atom. The Morgan fingerprint density at radius 2 is 1.69 bits per heavy atom. The van der Waals surface area contributed by atoms with Crippen LogP contribution in [0.15, 0.2) is 24.5 Å². The molecule has 2 N–H and O–H groups in total. The van der Waals surface area contributed by atoms with E-state index < -0.39 is 0 Å². The third-order valence-corrected chi connectivity index (χ3v) is 1.60. The highest BCUT2D eigenvalue weighted by atomic mass is 16.1. The van der Waals surface area contributed by atoms with Crippen LogP contribution in [0.2, 0.25) is 0 Å². The number of anilines is 2. The van der Waals surface area contributed by atoms with Gasteiger partial charge in [0.15, 0.2) is 0 Å². The fourth-order valence-corrected chi connectivity index (χ4v) is 1.01. The molecule has 6 heteroatoms. The summed E-state index contributed by atoms with van der Waals surface area (Å²) < 4.78 is 0. The third-order valence-electron chi connectivity index (χ3n) is 1.60. The Bertz CT molecular complexity index is 331. The Balaban J connectivity index is 2.35. The summed E-state index contributed by atoms with van der Waals surface area (Å²) in [6, 6.07) is 3.38. The predicted octanol–water partition coefficient (Wildman–Crippen LogP) is 0.427. The predicted molar refractivity (Wildman–Crippen MR) is 45.4 cm³/mol. The van der Waals surface area contributed by atoms with Gasteiger partial charge in [-0.15, -0.1) is 0 Å². The van der Waals surface area contributed by atoms with Crippen molar-refractivity contribution in [2.45, 2.75) is 0 Å². The van der Waals surface area contributed by atoms with Gasteiger partial charge in [-0.1, -0.05) is 0 Å². The van der Waals surface area contributed by atoms with Gasteiger partial charge >= 0.3 is 0 Å². The van der Waals surface area contributed by atoms with Crippen LogP contribution < -0.4 is 4.90 Å². The van der Waals surface area contributed by atoms with Gasteiger partial charge in [0, 0.05) is 12.1 Å². The molecule has 0 atom stereocenters. The van der Waals surface area contributed by atoms with Crippen molar-refractivity contribution in [1.29, 1.82) is 0 Å². The maximum absolute atomic E-state index is 10.7. The van der Waals surface area contributed by atoms with Gasteiger partial charge in [-0.05, 0) is 0 Å². The smallest absolute Gasteiger partial charge is 0.221 e. The summed E-state index contributed by atoms with van der Waals surface area (Å²) in [6.45, 7) is 0. The van der Waals surface area contributed by atoms with Crippen molar-refractivity contribution < 1.29 is 4.79 Å². The Kier molecular flexibility index (Phi) is 1.79. The number of nitrogens with zero attached hydrogens (tertiary/aromatic N) is 3. The lowest BCUT2D eigenvalue weighted by molar-refractivity contribution is -0.106. The first-order chi connectivity index (χ1) is 6.42. The molecule has 2 rings (SSSR count). The number of carbonyl (C=O) groups excluding carboxylic acids is 1. The summed E-state index contributed by atoms with van der Waals surface area (Å²) in [5, 5.41) is 12.8. The second kappa shape index (κ2) is 3.10. The first-order valence-electron chi connectivity index (χ1n) is 3.65. The molecule has 66 valence electrons. The van der Waals surface area contributed by atoms with Crippen molar-refractivity contribution in [2.75, 3.05) is 4.90 Å². The molecule has 0 aromatic carbocycles. The van der Waals surface area contributed by atoms with Crippen LogP contribution in [0.3, 0.4) is 0 Å². The second-order valence-corrected chi connectivity index (χ2v) is 2.36. The highest BCUT2D eigenvalue weighted by Gasteiger charge is 2.09. The van der Waals surface area contributed by atoms with E-state index in [0.717, 1.165) is 0 Å². The topological polar surface area (TPSA) is 77.7 Å². The van der Waals surface area contributed by atoms with Crippen LogP contribution in [0.25, 0.3) is 0 Å². The van der Waals surface area contributed by atoms with E-state index in [9.17, 15) is 4.79 Å². The van der Waals surface area contributed by atoms with E-state index in [4.69, 9.17) is 0 Å². The molecule has 0 bridgehead atoms. The lowest BCUT2D eigenvalue weighted by atomic mass is 10.5. The van der Waals surface area contributed by atoms with E-state index >= 15 is 0 Å². The number of aromatic nitrogens is 4. The number of H-pyrrole nitrogens is 2. The van der Waals surface area contributed by atoms with Crippen LogP contribution in [0.1, 0.15) is 0 Å². The first-order valence-corrected chi connectivity index (χ1v) is 3.65. The summed E-state index contributed by atoms with van der Waals surface area (Å²) in [7, 11) is 0. The standard InChI is InChI=1S/C7H7N5O/c13-5-12(6-1-3-8-10-6)7-2-4-9-11-7/h1-5H,(H,8,10)(H,9,11). The molecule has 0 aliphatic rings. The molecule has 0 saturated carbocycles. The Morgan fingerprint density at radius 3 is 2.00 bits per heavy atom. The van der Waals surface area contributed by atoms with Crippen molar-refractivity contribution >= 4 is 18.0 Å². The zero-order valence-corrected chi connectivity index (χ0v) is 6.64. The van der Waals surface area contributed by atoms with E-state index in [1.54, 1.807) is 24.5 Å². The maximum atomic E-state index is 10.7. The van der Waals surface area contributed by atoms with E-state index in [0.29, 0.717) is 18.0 Å². The molecular weight excluding hydrogens is 170 g/mol. The number of rotatable bonds is 3. The molecule has 2 heterocycles. The van der Waals surface area contributed by atoms with Gasteiger partial charge in [0.2, 0.25) is 6.41 Å². The van der Waals surface area contributed by atoms with Crippen molar-refractivity contribution in [3.63, 3.8) is 0 Å². The summed E-state index contributed by atoms with van der Waals surface area (Å²) in [4.78, 5) is 12.1. The average molecular weight is 177 g/mol. The minimum Gasteiger partial charge on any atom is -0.278 e. The fraction of sp³-hybridized carbons (Fsp3) is 0. The zero-order valence-electron chi connectivity index (χ0n) is 6.64. The molecule has 0 unspecified atom stereocenters. The van der Waals surface area contributed by atoms with Gasteiger partial charge in [-0.3, -0.25) is 19.9 Å². The molecule has 13 heavy (non-hydrogen) atoms. The van der Waals surface area contributed by atoms with Crippen molar-refractivity contribution in [2.24, 2.45) is 0 Å². The first kappa shape index (κ1) is 7.53. The lowest BCUT2D eigenvalue weighted by Gasteiger charge is -2.10. The summed E-state index contributed by atoms with van der Waals surface area (Å²) in [5.41, 5.74) is 0. The fourth-order valence-electron chi connectivity index (χ4n) is 1.01. The van der Waals surface area contributed by atoms with Crippen molar-refractivity contribution in [3.8, 4) is 0 Å². The quantitative estimate of drug-likeness (QED) is 0.667. The summed E-state index contributed by atoms with van der Waals surface area (Å²) >= 11 is 0. The minimum atomic E-state index is 0.597. The number of amides is 1. The van der Waals surface area contributed by atoms with Gasteiger partial charge in [-0.25, -0.2) is 0 Å². The van der Waals surface area contributed by atoms with E-state index in [1.807, 2.05) is 0 Å². The van der Waals surface area contributed by atoms with Crippen LogP contribution in [-0.4, -0.2) is 26.8 Å². The summed E-state index contributed by atoms with van der Waals surface area (Å²) in [5.74, 6) is 1.19. The normalized spacial score (nSPS) is 9.85. The number of aromatic amines is 2. The van der Waals surface area contributed by atoms with Crippen LogP contribution in [0.5, 0.6) is 0 Å². The van der Waals surface area contributed by atoms with Crippen LogP contribution in [-0.2, 0) is 4.79 Å². The van der Waals surface area contributed by atoms with Gasteiger partial charge < -0.3 is 0 Å². The molecular formula is C7H7N5O. The number of hydrogen-bond acceptors (Lipinski definition) is 3. The summed E-state index contributed by atoms with van der Waals surface area (Å²) in [6.07, 6.45) is 3.82. The molecule has 0 saturated heterocycles. The molecule has 0 spiro atoms. The maximum Gasteiger partial charge on any atom is 0.221 e.